The lowest BCUT2D eigenvalue weighted by atomic mass is 10.1. The Labute approximate surface area is 111 Å². The molecule has 18 heavy (non-hydrogen) atoms. The van der Waals surface area contributed by atoms with Gasteiger partial charge in [-0.25, -0.2) is 0 Å². The van der Waals surface area contributed by atoms with Crippen LogP contribution < -0.4 is 5.32 Å². The van der Waals surface area contributed by atoms with Crippen LogP contribution in [0.3, 0.4) is 0 Å². The molecule has 0 atom stereocenters. The van der Waals surface area contributed by atoms with E-state index in [2.05, 4.69) is 48.3 Å². The second-order valence-electron chi connectivity index (χ2n) is 4.38. The number of benzene rings is 1. The monoisotopic (exact) mass is 250 g/mol. The minimum absolute atomic E-state index is 0.707. The lowest BCUT2D eigenvalue weighted by Crippen LogP contribution is -2.27. The Morgan fingerprint density at radius 2 is 1.78 bits per heavy atom. The fourth-order valence-electron chi connectivity index (χ4n) is 1.98. The summed E-state index contributed by atoms with van der Waals surface area (Å²) in [6.07, 6.45) is 0. The van der Waals surface area contributed by atoms with Crippen molar-refractivity contribution in [3.63, 3.8) is 0 Å². The van der Waals surface area contributed by atoms with Crippen molar-refractivity contribution in [2.75, 3.05) is 33.3 Å². The van der Waals surface area contributed by atoms with Gasteiger partial charge in [0.25, 0.3) is 0 Å². The van der Waals surface area contributed by atoms with Gasteiger partial charge in [0.1, 0.15) is 0 Å². The predicted octanol–water partition coefficient (Wildman–Crippen LogP) is 2.26. The minimum atomic E-state index is 0.707. The molecule has 0 radical (unpaired) electrons. The number of hydrogen-bond donors (Lipinski definition) is 1. The van der Waals surface area contributed by atoms with Crippen LogP contribution in [0.15, 0.2) is 24.3 Å². The average Bonchev–Trinajstić information content (AvgIpc) is 2.41. The molecule has 0 amide bonds. The zero-order chi connectivity index (χ0) is 13.2. The fraction of sp³-hybridized carbons (Fsp3) is 0.600. The summed E-state index contributed by atoms with van der Waals surface area (Å²) in [7, 11) is 1.97. The van der Waals surface area contributed by atoms with Crippen LogP contribution in [-0.2, 0) is 17.9 Å². The van der Waals surface area contributed by atoms with Gasteiger partial charge in [0.05, 0.1) is 13.2 Å². The van der Waals surface area contributed by atoms with E-state index in [0.29, 0.717) is 6.61 Å². The highest BCUT2D eigenvalue weighted by atomic mass is 16.5. The molecule has 0 aliphatic carbocycles. The Balaban J connectivity index is 2.34. The Kier molecular flexibility index (Phi) is 7.65. The first-order valence-corrected chi connectivity index (χ1v) is 6.83. The third-order valence-corrected chi connectivity index (χ3v) is 3.19. The second-order valence-corrected chi connectivity index (χ2v) is 4.38. The molecular weight excluding hydrogens is 224 g/mol. The Bertz CT molecular complexity index is 324. The Morgan fingerprint density at radius 3 is 2.39 bits per heavy atom. The van der Waals surface area contributed by atoms with Crippen LogP contribution in [0.5, 0.6) is 0 Å². The molecule has 0 saturated carbocycles. The number of ether oxygens (including phenoxy) is 1. The van der Waals surface area contributed by atoms with E-state index in [0.717, 1.165) is 32.8 Å². The van der Waals surface area contributed by atoms with Crippen molar-refractivity contribution in [3.05, 3.63) is 35.4 Å². The molecule has 1 aromatic rings. The van der Waals surface area contributed by atoms with Crippen LogP contribution >= 0.6 is 0 Å². The van der Waals surface area contributed by atoms with Crippen molar-refractivity contribution < 1.29 is 4.74 Å². The van der Waals surface area contributed by atoms with E-state index in [4.69, 9.17) is 4.74 Å². The number of likely N-dealkylation sites (N-methyl/N-ethyl adjacent to an activating group) is 1. The summed E-state index contributed by atoms with van der Waals surface area (Å²) in [6.45, 7) is 9.98. The summed E-state index contributed by atoms with van der Waals surface area (Å²) < 4.78 is 5.77. The van der Waals surface area contributed by atoms with E-state index in [9.17, 15) is 0 Å². The minimum Gasteiger partial charge on any atom is -0.375 e. The van der Waals surface area contributed by atoms with Crippen molar-refractivity contribution in [3.8, 4) is 0 Å². The molecule has 1 rings (SSSR count). The van der Waals surface area contributed by atoms with Crippen LogP contribution in [0.2, 0.25) is 0 Å². The van der Waals surface area contributed by atoms with E-state index >= 15 is 0 Å². The predicted molar refractivity (Wildman–Crippen MR) is 76.6 cm³/mol. The standard InChI is InChI=1S/C15H26N2O/c1-4-17(5-2)10-11-18-13-15-9-7-6-8-14(15)12-16-3/h6-9,16H,4-5,10-13H2,1-3H3. The first-order chi connectivity index (χ1) is 8.81. The highest BCUT2D eigenvalue weighted by Crippen LogP contribution is 2.09. The van der Waals surface area contributed by atoms with Crippen molar-refractivity contribution in [2.24, 2.45) is 0 Å². The average molecular weight is 250 g/mol. The summed E-state index contributed by atoms with van der Waals surface area (Å²) >= 11 is 0. The fourth-order valence-corrected chi connectivity index (χ4v) is 1.98. The molecule has 0 bridgehead atoms. The van der Waals surface area contributed by atoms with E-state index in [1.54, 1.807) is 0 Å². The lowest BCUT2D eigenvalue weighted by molar-refractivity contribution is 0.0951. The molecular formula is C15H26N2O. The van der Waals surface area contributed by atoms with Gasteiger partial charge in [0.2, 0.25) is 0 Å². The molecule has 0 unspecified atom stereocenters. The highest BCUT2D eigenvalue weighted by Gasteiger charge is 2.02. The first kappa shape index (κ1) is 15.2. The third-order valence-electron chi connectivity index (χ3n) is 3.19. The zero-order valence-corrected chi connectivity index (χ0v) is 11.9. The maximum absolute atomic E-state index is 5.77. The molecule has 0 saturated heterocycles. The van der Waals surface area contributed by atoms with Crippen molar-refractivity contribution in [1.29, 1.82) is 0 Å². The summed E-state index contributed by atoms with van der Waals surface area (Å²) in [5.41, 5.74) is 2.61. The van der Waals surface area contributed by atoms with Crippen LogP contribution in [-0.4, -0.2) is 38.2 Å². The summed E-state index contributed by atoms with van der Waals surface area (Å²) in [5, 5.41) is 3.19. The molecule has 0 aromatic heterocycles. The second kappa shape index (κ2) is 9.09. The topological polar surface area (TPSA) is 24.5 Å². The number of rotatable bonds is 9. The summed E-state index contributed by atoms with van der Waals surface area (Å²) in [5.74, 6) is 0. The van der Waals surface area contributed by atoms with Crippen LogP contribution in [0.25, 0.3) is 0 Å². The van der Waals surface area contributed by atoms with E-state index < -0.39 is 0 Å². The SMILES string of the molecule is CCN(CC)CCOCc1ccccc1CNC. The van der Waals surface area contributed by atoms with Crippen molar-refractivity contribution in [2.45, 2.75) is 27.0 Å². The van der Waals surface area contributed by atoms with Crippen LogP contribution in [0.4, 0.5) is 0 Å². The van der Waals surface area contributed by atoms with Gasteiger partial charge in [-0.2, -0.15) is 0 Å². The number of nitrogens with zero attached hydrogens (tertiary/aromatic N) is 1. The normalized spacial score (nSPS) is 11.1. The maximum Gasteiger partial charge on any atom is 0.0720 e. The maximum atomic E-state index is 5.77. The van der Waals surface area contributed by atoms with Gasteiger partial charge in [0, 0.05) is 13.1 Å². The Hall–Kier alpha value is -0.900. The third kappa shape index (κ3) is 5.17. The van der Waals surface area contributed by atoms with Gasteiger partial charge < -0.3 is 15.0 Å². The van der Waals surface area contributed by atoms with Gasteiger partial charge in [0.15, 0.2) is 0 Å². The van der Waals surface area contributed by atoms with Crippen LogP contribution in [0.1, 0.15) is 25.0 Å². The lowest BCUT2D eigenvalue weighted by Gasteiger charge is -2.18. The largest absolute Gasteiger partial charge is 0.375 e. The molecule has 102 valence electrons. The zero-order valence-electron chi connectivity index (χ0n) is 11.9. The van der Waals surface area contributed by atoms with E-state index in [1.165, 1.54) is 11.1 Å². The Morgan fingerprint density at radius 1 is 1.11 bits per heavy atom. The molecule has 3 nitrogen and oxygen atoms in total. The molecule has 1 aromatic carbocycles. The molecule has 0 heterocycles. The molecule has 0 spiro atoms. The quantitative estimate of drug-likeness (QED) is 0.680. The van der Waals surface area contributed by atoms with Crippen LogP contribution in [0, 0.1) is 0 Å². The van der Waals surface area contributed by atoms with Crippen molar-refractivity contribution in [1.82, 2.24) is 10.2 Å². The van der Waals surface area contributed by atoms with Gasteiger partial charge in [-0.05, 0) is 31.3 Å². The molecule has 0 fully saturated rings. The summed E-state index contributed by atoms with van der Waals surface area (Å²) in [4.78, 5) is 2.37. The van der Waals surface area contributed by atoms with Gasteiger partial charge in [-0.15, -0.1) is 0 Å². The summed E-state index contributed by atoms with van der Waals surface area (Å²) in [6, 6.07) is 8.44. The van der Waals surface area contributed by atoms with Gasteiger partial charge >= 0.3 is 0 Å². The highest BCUT2D eigenvalue weighted by molar-refractivity contribution is 5.26. The molecule has 0 aliphatic heterocycles. The van der Waals surface area contributed by atoms with E-state index in [-0.39, 0.29) is 0 Å². The number of nitrogens with one attached hydrogen (secondary N) is 1. The first-order valence-electron chi connectivity index (χ1n) is 6.83. The van der Waals surface area contributed by atoms with Gasteiger partial charge in [-0.1, -0.05) is 38.1 Å². The number of hydrogen-bond acceptors (Lipinski definition) is 3. The van der Waals surface area contributed by atoms with Crippen molar-refractivity contribution >= 4 is 0 Å². The molecule has 0 aliphatic rings. The molecule has 3 heteroatoms. The van der Waals surface area contributed by atoms with Gasteiger partial charge in [-0.3, -0.25) is 0 Å². The smallest absolute Gasteiger partial charge is 0.0720 e. The molecule has 1 N–H and O–H groups in total. The van der Waals surface area contributed by atoms with E-state index in [1.807, 2.05) is 7.05 Å².